The Morgan fingerprint density at radius 1 is 1.42 bits per heavy atom. The van der Waals surface area contributed by atoms with Crippen LogP contribution in [0.5, 0.6) is 0 Å². The number of nitrogens with zero attached hydrogens (tertiary/aromatic N) is 1. The summed E-state index contributed by atoms with van der Waals surface area (Å²) in [5, 5.41) is 10.3. The molecule has 0 aromatic carbocycles. The molecule has 1 aliphatic rings. The number of aromatic nitrogens is 2. The van der Waals surface area contributed by atoms with E-state index in [1.54, 1.807) is 0 Å². The summed E-state index contributed by atoms with van der Waals surface area (Å²) >= 11 is 0. The van der Waals surface area contributed by atoms with Crippen LogP contribution in [0, 0.1) is 5.92 Å². The van der Waals surface area contributed by atoms with Gasteiger partial charge in [-0.2, -0.15) is 5.10 Å². The average Bonchev–Trinajstić information content (AvgIpc) is 2.59. The number of aromatic amines is 1. The van der Waals surface area contributed by atoms with Crippen LogP contribution >= 0.6 is 0 Å². The fourth-order valence-corrected chi connectivity index (χ4v) is 1.80. The van der Waals surface area contributed by atoms with E-state index in [0.29, 0.717) is 0 Å². The molecule has 2 N–H and O–H groups in total. The molecule has 1 fully saturated rings. The molecule has 3 nitrogen and oxygen atoms in total. The van der Waals surface area contributed by atoms with Gasteiger partial charge in [0.05, 0.1) is 0 Å². The summed E-state index contributed by atoms with van der Waals surface area (Å²) in [7, 11) is 0. The lowest BCUT2D eigenvalue weighted by Crippen LogP contribution is -2.28. The first-order chi connectivity index (χ1) is 5.95. The second-order valence-corrected chi connectivity index (χ2v) is 3.48. The Morgan fingerprint density at radius 3 is 2.92 bits per heavy atom. The van der Waals surface area contributed by atoms with E-state index >= 15 is 0 Å². The van der Waals surface area contributed by atoms with Gasteiger partial charge in [0.15, 0.2) is 0 Å². The molecule has 66 valence electrons. The van der Waals surface area contributed by atoms with Crippen LogP contribution in [0.2, 0.25) is 0 Å². The Balaban J connectivity index is 1.86. The maximum Gasteiger partial charge on any atom is 0.0490 e. The zero-order valence-corrected chi connectivity index (χ0v) is 7.21. The largest absolute Gasteiger partial charge is 0.317 e. The second kappa shape index (κ2) is 3.72. The van der Waals surface area contributed by atoms with Crippen molar-refractivity contribution in [2.45, 2.75) is 19.3 Å². The Labute approximate surface area is 72.6 Å². The number of nitrogens with one attached hydrogen (secondary N) is 2. The molecule has 1 aromatic rings. The van der Waals surface area contributed by atoms with E-state index < -0.39 is 0 Å². The highest BCUT2D eigenvalue weighted by Gasteiger charge is 2.13. The van der Waals surface area contributed by atoms with Crippen LogP contribution in [-0.2, 0) is 6.42 Å². The van der Waals surface area contributed by atoms with Gasteiger partial charge >= 0.3 is 0 Å². The van der Waals surface area contributed by atoms with E-state index in [2.05, 4.69) is 21.6 Å². The van der Waals surface area contributed by atoms with Gasteiger partial charge in [-0.15, -0.1) is 0 Å². The molecule has 0 unspecified atom stereocenters. The lowest BCUT2D eigenvalue weighted by molar-refractivity contribution is 0.370. The van der Waals surface area contributed by atoms with Crippen molar-refractivity contribution in [1.29, 1.82) is 0 Å². The topological polar surface area (TPSA) is 40.7 Å². The van der Waals surface area contributed by atoms with E-state index in [9.17, 15) is 0 Å². The van der Waals surface area contributed by atoms with Gasteiger partial charge in [0.1, 0.15) is 0 Å². The molecule has 0 spiro atoms. The van der Waals surface area contributed by atoms with Crippen molar-refractivity contribution >= 4 is 0 Å². The predicted octanol–water partition coefficient (Wildman–Crippen LogP) is 0.952. The zero-order chi connectivity index (χ0) is 8.23. The highest BCUT2D eigenvalue weighted by molar-refractivity contribution is 4.99. The van der Waals surface area contributed by atoms with Crippen molar-refractivity contribution in [3.05, 3.63) is 18.0 Å². The predicted molar refractivity (Wildman–Crippen MR) is 47.9 cm³/mol. The Morgan fingerprint density at radius 2 is 2.25 bits per heavy atom. The van der Waals surface area contributed by atoms with E-state index in [0.717, 1.165) is 5.92 Å². The van der Waals surface area contributed by atoms with Crippen molar-refractivity contribution < 1.29 is 0 Å². The van der Waals surface area contributed by atoms with Crippen LogP contribution in [-0.4, -0.2) is 23.3 Å². The summed E-state index contributed by atoms with van der Waals surface area (Å²) in [6.45, 7) is 2.36. The maximum atomic E-state index is 3.95. The average molecular weight is 165 g/mol. The lowest BCUT2D eigenvalue weighted by atomic mass is 9.93. The third-order valence-corrected chi connectivity index (χ3v) is 2.53. The minimum Gasteiger partial charge on any atom is -0.317 e. The summed E-state index contributed by atoms with van der Waals surface area (Å²) in [4.78, 5) is 0. The number of hydrogen-bond donors (Lipinski definition) is 2. The monoisotopic (exact) mass is 165 g/mol. The summed E-state index contributed by atoms with van der Waals surface area (Å²) in [6, 6.07) is 2.07. The molecule has 3 heteroatoms. The smallest absolute Gasteiger partial charge is 0.0490 e. The standard InChI is InChI=1S/C9H15N3/c1-4-10-5-2-8(1)7-9-3-6-11-12-9/h3,6,8,10H,1-2,4-5,7H2,(H,11,12). The van der Waals surface area contributed by atoms with Crippen LogP contribution < -0.4 is 5.32 Å². The van der Waals surface area contributed by atoms with Gasteiger partial charge < -0.3 is 5.32 Å². The van der Waals surface area contributed by atoms with Gasteiger partial charge in [-0.3, -0.25) is 5.10 Å². The van der Waals surface area contributed by atoms with E-state index in [4.69, 9.17) is 0 Å². The molecule has 2 heterocycles. The summed E-state index contributed by atoms with van der Waals surface area (Å²) < 4.78 is 0. The second-order valence-electron chi connectivity index (χ2n) is 3.48. The van der Waals surface area contributed by atoms with E-state index in [1.165, 1.54) is 38.0 Å². The van der Waals surface area contributed by atoms with Gasteiger partial charge in [-0.25, -0.2) is 0 Å². The molecule has 1 aliphatic heterocycles. The van der Waals surface area contributed by atoms with Gasteiger partial charge in [0.25, 0.3) is 0 Å². The van der Waals surface area contributed by atoms with Crippen molar-refractivity contribution in [2.24, 2.45) is 5.92 Å². The van der Waals surface area contributed by atoms with Crippen molar-refractivity contribution in [3.63, 3.8) is 0 Å². The third kappa shape index (κ3) is 1.85. The molecule has 1 aromatic heterocycles. The highest BCUT2D eigenvalue weighted by atomic mass is 15.1. The van der Waals surface area contributed by atoms with Gasteiger partial charge in [-0.1, -0.05) is 0 Å². The first-order valence-corrected chi connectivity index (χ1v) is 4.64. The molecular weight excluding hydrogens is 150 g/mol. The van der Waals surface area contributed by atoms with Crippen molar-refractivity contribution in [2.75, 3.05) is 13.1 Å². The Hall–Kier alpha value is -0.830. The van der Waals surface area contributed by atoms with E-state index in [1.807, 2.05) is 6.20 Å². The number of hydrogen-bond acceptors (Lipinski definition) is 2. The molecule has 0 atom stereocenters. The molecule has 1 saturated heterocycles. The summed E-state index contributed by atoms with van der Waals surface area (Å²) in [5.41, 5.74) is 1.28. The number of piperidine rings is 1. The number of H-pyrrole nitrogens is 1. The van der Waals surface area contributed by atoms with Gasteiger partial charge in [-0.05, 0) is 44.3 Å². The van der Waals surface area contributed by atoms with Crippen LogP contribution in [0.25, 0.3) is 0 Å². The first-order valence-electron chi connectivity index (χ1n) is 4.64. The van der Waals surface area contributed by atoms with Gasteiger partial charge in [0, 0.05) is 11.9 Å². The van der Waals surface area contributed by atoms with Crippen molar-refractivity contribution in [1.82, 2.24) is 15.5 Å². The molecular formula is C9H15N3. The van der Waals surface area contributed by atoms with Gasteiger partial charge in [0.2, 0.25) is 0 Å². The van der Waals surface area contributed by atoms with Crippen LogP contribution in [0.4, 0.5) is 0 Å². The Kier molecular flexibility index (Phi) is 2.42. The maximum absolute atomic E-state index is 3.95. The van der Waals surface area contributed by atoms with Crippen LogP contribution in [0.3, 0.4) is 0 Å². The van der Waals surface area contributed by atoms with E-state index in [-0.39, 0.29) is 0 Å². The molecule has 0 amide bonds. The normalized spacial score (nSPS) is 19.7. The third-order valence-electron chi connectivity index (χ3n) is 2.53. The lowest BCUT2D eigenvalue weighted by Gasteiger charge is -2.21. The molecule has 2 rings (SSSR count). The fourth-order valence-electron chi connectivity index (χ4n) is 1.80. The Bertz CT molecular complexity index is 212. The minimum atomic E-state index is 0.853. The molecule has 12 heavy (non-hydrogen) atoms. The highest BCUT2D eigenvalue weighted by Crippen LogP contribution is 2.15. The quantitative estimate of drug-likeness (QED) is 0.685. The van der Waals surface area contributed by atoms with Crippen molar-refractivity contribution in [3.8, 4) is 0 Å². The minimum absolute atomic E-state index is 0.853. The van der Waals surface area contributed by atoms with Crippen LogP contribution in [0.15, 0.2) is 12.3 Å². The summed E-state index contributed by atoms with van der Waals surface area (Å²) in [6.07, 6.45) is 5.61. The zero-order valence-electron chi connectivity index (χ0n) is 7.21. The molecule has 0 radical (unpaired) electrons. The molecule has 0 bridgehead atoms. The molecule has 0 aliphatic carbocycles. The fraction of sp³-hybridized carbons (Fsp3) is 0.667. The number of rotatable bonds is 2. The summed E-state index contributed by atoms with van der Waals surface area (Å²) in [5.74, 6) is 0.853. The molecule has 0 saturated carbocycles. The SMILES string of the molecule is c1cc(CC2CCNCC2)[nH]n1. The first kappa shape index (κ1) is 7.80. The van der Waals surface area contributed by atoms with Crippen LogP contribution in [0.1, 0.15) is 18.5 Å².